The summed E-state index contributed by atoms with van der Waals surface area (Å²) in [5.74, 6) is 6.54. The van der Waals surface area contributed by atoms with Crippen molar-refractivity contribution in [3.8, 4) is 11.5 Å². The maximum absolute atomic E-state index is 11.9. The summed E-state index contributed by atoms with van der Waals surface area (Å²) < 4.78 is 10.7. The highest BCUT2D eigenvalue weighted by atomic mass is 16.5. The molecule has 98 valence electrons. The summed E-state index contributed by atoms with van der Waals surface area (Å²) in [6, 6.07) is 3.76. The first-order valence-corrected chi connectivity index (χ1v) is 5.83. The highest BCUT2D eigenvalue weighted by Gasteiger charge is 2.53. The normalized spacial score (nSPS) is 16.0. The molecule has 0 aromatic heterocycles. The van der Waals surface area contributed by atoms with Crippen LogP contribution in [-0.4, -0.2) is 20.1 Å². The summed E-state index contributed by atoms with van der Waals surface area (Å²) >= 11 is 0. The van der Waals surface area contributed by atoms with Gasteiger partial charge in [0, 0.05) is 5.56 Å². The van der Waals surface area contributed by atoms with E-state index in [1.54, 1.807) is 14.2 Å². The minimum atomic E-state index is -0.554. The lowest BCUT2D eigenvalue weighted by Gasteiger charge is -2.19. The Balaban J connectivity index is 2.53. The number of aryl methyl sites for hydroxylation is 1. The molecule has 1 saturated carbocycles. The minimum absolute atomic E-state index is 0.174. The summed E-state index contributed by atoms with van der Waals surface area (Å²) in [5, 5.41) is 0. The molecule has 0 unspecified atom stereocenters. The standard InChI is InChI=1S/C13H18N2O3/c1-8-6-11(18-3)9(7-10(8)17-2)13(4-5-13)12(16)15-14/h6-7H,4-5,14H2,1-3H3,(H,15,16). The molecule has 0 bridgehead atoms. The summed E-state index contributed by atoms with van der Waals surface area (Å²) in [4.78, 5) is 11.9. The zero-order chi connectivity index (χ0) is 13.3. The van der Waals surface area contributed by atoms with E-state index in [2.05, 4.69) is 5.43 Å². The maximum Gasteiger partial charge on any atom is 0.244 e. The fourth-order valence-corrected chi connectivity index (χ4v) is 2.31. The van der Waals surface area contributed by atoms with Crippen molar-refractivity contribution < 1.29 is 14.3 Å². The van der Waals surface area contributed by atoms with E-state index in [0.717, 1.165) is 29.7 Å². The quantitative estimate of drug-likeness (QED) is 0.475. The Bertz CT molecular complexity index is 481. The smallest absolute Gasteiger partial charge is 0.244 e. The van der Waals surface area contributed by atoms with Crippen LogP contribution in [0.4, 0.5) is 0 Å². The molecular weight excluding hydrogens is 232 g/mol. The Morgan fingerprint density at radius 2 is 1.89 bits per heavy atom. The fourth-order valence-electron chi connectivity index (χ4n) is 2.31. The lowest BCUT2D eigenvalue weighted by Crippen LogP contribution is -2.39. The van der Waals surface area contributed by atoms with Crippen LogP contribution < -0.4 is 20.7 Å². The van der Waals surface area contributed by atoms with Crippen molar-refractivity contribution in [2.24, 2.45) is 5.84 Å². The van der Waals surface area contributed by atoms with Gasteiger partial charge in [0.25, 0.3) is 0 Å². The molecule has 1 fully saturated rings. The Labute approximate surface area is 106 Å². The molecule has 1 amide bonds. The number of nitrogens with one attached hydrogen (secondary N) is 1. The Morgan fingerprint density at radius 3 is 2.33 bits per heavy atom. The number of hydrazine groups is 1. The molecule has 0 spiro atoms. The second-order valence-corrected chi connectivity index (χ2v) is 4.58. The Hall–Kier alpha value is -1.75. The van der Waals surface area contributed by atoms with Crippen molar-refractivity contribution in [3.63, 3.8) is 0 Å². The second kappa shape index (κ2) is 4.49. The Morgan fingerprint density at radius 1 is 1.28 bits per heavy atom. The van der Waals surface area contributed by atoms with Crippen LogP contribution in [0.5, 0.6) is 11.5 Å². The fraction of sp³-hybridized carbons (Fsp3) is 0.462. The van der Waals surface area contributed by atoms with Crippen molar-refractivity contribution in [1.29, 1.82) is 0 Å². The van der Waals surface area contributed by atoms with Crippen molar-refractivity contribution in [2.45, 2.75) is 25.2 Å². The van der Waals surface area contributed by atoms with Crippen LogP contribution in [0.15, 0.2) is 12.1 Å². The van der Waals surface area contributed by atoms with Crippen LogP contribution in [0.2, 0.25) is 0 Å². The van der Waals surface area contributed by atoms with Crippen molar-refractivity contribution in [2.75, 3.05) is 14.2 Å². The number of hydrogen-bond acceptors (Lipinski definition) is 4. The summed E-state index contributed by atoms with van der Waals surface area (Å²) in [6.45, 7) is 1.94. The highest BCUT2D eigenvalue weighted by Crippen LogP contribution is 2.52. The predicted molar refractivity (Wildman–Crippen MR) is 67.5 cm³/mol. The van der Waals surface area contributed by atoms with Gasteiger partial charge < -0.3 is 9.47 Å². The van der Waals surface area contributed by atoms with Gasteiger partial charge in [-0.2, -0.15) is 0 Å². The molecule has 0 atom stereocenters. The average Bonchev–Trinajstić information content (AvgIpc) is 3.18. The zero-order valence-corrected chi connectivity index (χ0v) is 10.9. The second-order valence-electron chi connectivity index (χ2n) is 4.58. The van der Waals surface area contributed by atoms with Crippen molar-refractivity contribution in [1.82, 2.24) is 5.43 Å². The summed E-state index contributed by atoms with van der Waals surface area (Å²) in [6.07, 6.45) is 1.55. The molecule has 2 rings (SSSR count). The number of ether oxygens (including phenoxy) is 2. The third kappa shape index (κ3) is 1.80. The predicted octanol–water partition coefficient (Wildman–Crippen LogP) is 1.03. The van der Waals surface area contributed by atoms with Gasteiger partial charge in [-0.25, -0.2) is 5.84 Å². The molecule has 0 saturated heterocycles. The van der Waals surface area contributed by atoms with Gasteiger partial charge in [-0.15, -0.1) is 0 Å². The molecule has 1 aromatic rings. The lowest BCUT2D eigenvalue weighted by molar-refractivity contribution is -0.123. The first-order valence-electron chi connectivity index (χ1n) is 5.83. The largest absolute Gasteiger partial charge is 0.496 e. The molecule has 5 nitrogen and oxygen atoms in total. The molecule has 0 aliphatic heterocycles. The van der Waals surface area contributed by atoms with E-state index in [1.165, 1.54) is 0 Å². The van der Waals surface area contributed by atoms with Gasteiger partial charge in [0.15, 0.2) is 0 Å². The molecule has 3 N–H and O–H groups in total. The lowest BCUT2D eigenvalue weighted by atomic mass is 9.92. The van der Waals surface area contributed by atoms with Crippen molar-refractivity contribution >= 4 is 5.91 Å². The number of benzene rings is 1. The average molecular weight is 250 g/mol. The third-order valence-electron chi connectivity index (χ3n) is 3.55. The number of methoxy groups -OCH3 is 2. The number of carbonyl (C=O) groups is 1. The number of amides is 1. The van der Waals surface area contributed by atoms with E-state index in [1.807, 2.05) is 19.1 Å². The molecule has 1 aliphatic carbocycles. The molecule has 0 heterocycles. The topological polar surface area (TPSA) is 73.6 Å². The van der Waals surface area contributed by atoms with Gasteiger partial charge in [-0.3, -0.25) is 10.2 Å². The number of rotatable bonds is 4. The van der Waals surface area contributed by atoms with E-state index in [0.29, 0.717) is 5.75 Å². The minimum Gasteiger partial charge on any atom is -0.496 e. The molecule has 1 aliphatic rings. The van der Waals surface area contributed by atoms with Crippen LogP contribution in [-0.2, 0) is 10.2 Å². The molecular formula is C13H18N2O3. The maximum atomic E-state index is 11.9. The summed E-state index contributed by atoms with van der Waals surface area (Å²) in [7, 11) is 3.21. The number of nitrogens with two attached hydrogens (primary N) is 1. The Kier molecular flexibility index (Phi) is 3.17. The van der Waals surface area contributed by atoms with Gasteiger partial charge in [-0.1, -0.05) is 0 Å². The summed E-state index contributed by atoms with van der Waals surface area (Å²) in [5.41, 5.74) is 3.50. The number of hydrogen-bond donors (Lipinski definition) is 2. The van der Waals surface area contributed by atoms with Crippen molar-refractivity contribution in [3.05, 3.63) is 23.3 Å². The van der Waals surface area contributed by atoms with Gasteiger partial charge >= 0.3 is 0 Å². The van der Waals surface area contributed by atoms with Gasteiger partial charge in [0.1, 0.15) is 11.5 Å². The van der Waals surface area contributed by atoms with Gasteiger partial charge in [0.05, 0.1) is 19.6 Å². The highest BCUT2D eigenvalue weighted by molar-refractivity contribution is 5.91. The molecule has 18 heavy (non-hydrogen) atoms. The number of carbonyl (C=O) groups excluding carboxylic acids is 1. The van der Waals surface area contributed by atoms with E-state index in [4.69, 9.17) is 15.3 Å². The van der Waals surface area contributed by atoms with Gasteiger partial charge in [0.2, 0.25) is 5.91 Å². The molecule has 0 radical (unpaired) electrons. The zero-order valence-electron chi connectivity index (χ0n) is 10.9. The SMILES string of the molecule is COc1cc(C2(C(=O)NN)CC2)c(OC)cc1C. The van der Waals surface area contributed by atoms with Crippen LogP contribution in [0.25, 0.3) is 0 Å². The first kappa shape index (κ1) is 12.7. The monoisotopic (exact) mass is 250 g/mol. The first-order chi connectivity index (χ1) is 8.58. The van der Waals surface area contributed by atoms with E-state index in [9.17, 15) is 4.79 Å². The van der Waals surface area contributed by atoms with Crippen LogP contribution in [0.1, 0.15) is 24.0 Å². The third-order valence-corrected chi connectivity index (χ3v) is 3.55. The van der Waals surface area contributed by atoms with Crippen LogP contribution >= 0.6 is 0 Å². The molecule has 1 aromatic carbocycles. The van der Waals surface area contributed by atoms with Crippen LogP contribution in [0, 0.1) is 6.92 Å². The van der Waals surface area contributed by atoms with E-state index >= 15 is 0 Å². The van der Waals surface area contributed by atoms with Crippen LogP contribution in [0.3, 0.4) is 0 Å². The van der Waals surface area contributed by atoms with Gasteiger partial charge in [-0.05, 0) is 37.5 Å². The van der Waals surface area contributed by atoms with E-state index < -0.39 is 5.41 Å². The van der Waals surface area contributed by atoms with E-state index in [-0.39, 0.29) is 5.91 Å². The molecule has 5 heteroatoms.